The molecule has 0 aliphatic carbocycles. The number of hydrogen-bond donors (Lipinski definition) is 1. The van der Waals surface area contributed by atoms with Gasteiger partial charge in [0.25, 0.3) is 0 Å². The van der Waals surface area contributed by atoms with Crippen LogP contribution in [-0.2, 0) is 10.9 Å². The highest BCUT2D eigenvalue weighted by Gasteiger charge is 2.36. The van der Waals surface area contributed by atoms with Gasteiger partial charge < -0.3 is 14.8 Å². The second-order valence-corrected chi connectivity index (χ2v) is 4.69. The number of hydrogen-bond acceptors (Lipinski definition) is 4. The molecule has 21 heavy (non-hydrogen) atoms. The van der Waals surface area contributed by atoms with Gasteiger partial charge >= 0.3 is 6.18 Å². The summed E-state index contributed by atoms with van der Waals surface area (Å²) in [5, 5.41) is 3.18. The fourth-order valence-electron chi connectivity index (χ4n) is 2.29. The maximum absolute atomic E-state index is 12.8. The third-order valence-electron chi connectivity index (χ3n) is 3.33. The molecule has 0 bridgehead atoms. The smallest absolute Gasteiger partial charge is 0.437 e. The van der Waals surface area contributed by atoms with E-state index in [0.717, 1.165) is 19.2 Å². The van der Waals surface area contributed by atoms with Crippen molar-refractivity contribution in [3.05, 3.63) is 24.0 Å². The summed E-state index contributed by atoms with van der Waals surface area (Å²) in [7, 11) is 1.61. The summed E-state index contributed by atoms with van der Waals surface area (Å²) in [5.41, 5.74) is -0.988. The van der Waals surface area contributed by atoms with E-state index in [4.69, 9.17) is 9.47 Å². The maximum atomic E-state index is 12.8. The lowest BCUT2D eigenvalue weighted by molar-refractivity contribution is -0.142. The first-order valence-electron chi connectivity index (χ1n) is 6.41. The van der Waals surface area contributed by atoms with Gasteiger partial charge in [0.15, 0.2) is 5.69 Å². The van der Waals surface area contributed by atoms with Gasteiger partial charge in [0.05, 0.1) is 12.7 Å². The highest BCUT2D eigenvalue weighted by Crippen LogP contribution is 2.34. The standard InChI is InChI=1S/C13H17F3N2O2.ClH/c1-19-10-4-6-17-7-9(10)8-20-11-3-2-5-18-12(11)13(14,15)16;/h2-3,5,9-10,17H,4,6-8H2,1H3;1H. The summed E-state index contributed by atoms with van der Waals surface area (Å²) in [5.74, 6) is -0.213. The van der Waals surface area contributed by atoms with Crippen molar-refractivity contribution in [3.8, 4) is 5.75 Å². The average Bonchev–Trinajstić information content (AvgIpc) is 2.44. The van der Waals surface area contributed by atoms with E-state index < -0.39 is 11.9 Å². The minimum Gasteiger partial charge on any atom is -0.491 e. The summed E-state index contributed by atoms with van der Waals surface area (Å²) in [4.78, 5) is 3.36. The zero-order valence-corrected chi connectivity index (χ0v) is 12.3. The van der Waals surface area contributed by atoms with Crippen LogP contribution < -0.4 is 10.1 Å². The number of aromatic nitrogens is 1. The summed E-state index contributed by atoms with van der Waals surface area (Å²) in [6.07, 6.45) is -2.58. The lowest BCUT2D eigenvalue weighted by atomic mass is 9.97. The molecule has 0 radical (unpaired) electrons. The first-order chi connectivity index (χ1) is 9.52. The van der Waals surface area contributed by atoms with Crippen LogP contribution in [0.3, 0.4) is 0 Å². The fourth-order valence-corrected chi connectivity index (χ4v) is 2.29. The molecule has 0 saturated carbocycles. The second kappa shape index (κ2) is 7.82. The summed E-state index contributed by atoms with van der Waals surface area (Å²) in [6, 6.07) is 2.71. The van der Waals surface area contributed by atoms with E-state index in [1.165, 1.54) is 12.1 Å². The number of methoxy groups -OCH3 is 1. The molecule has 4 nitrogen and oxygen atoms in total. The van der Waals surface area contributed by atoms with Gasteiger partial charge in [-0.2, -0.15) is 13.2 Å². The molecule has 1 aliphatic rings. The van der Waals surface area contributed by atoms with Crippen molar-refractivity contribution < 1.29 is 22.6 Å². The SMILES string of the molecule is COC1CCNCC1COc1cccnc1C(F)(F)F.Cl. The predicted molar refractivity (Wildman–Crippen MR) is 73.8 cm³/mol. The number of ether oxygens (including phenoxy) is 2. The van der Waals surface area contributed by atoms with Gasteiger partial charge in [-0.1, -0.05) is 0 Å². The molecule has 0 aromatic carbocycles. The normalized spacial score (nSPS) is 22.5. The lowest BCUT2D eigenvalue weighted by Gasteiger charge is -2.31. The van der Waals surface area contributed by atoms with Gasteiger partial charge in [-0.3, -0.25) is 0 Å². The van der Waals surface area contributed by atoms with Gasteiger partial charge in [-0.15, -0.1) is 12.4 Å². The average molecular weight is 327 g/mol. The van der Waals surface area contributed by atoms with Gasteiger partial charge in [-0.25, -0.2) is 4.98 Å². The van der Waals surface area contributed by atoms with Crippen LogP contribution in [0.1, 0.15) is 12.1 Å². The minimum atomic E-state index is -4.51. The van der Waals surface area contributed by atoms with E-state index in [1.807, 2.05) is 0 Å². The molecular weight excluding hydrogens is 309 g/mol. The number of piperidine rings is 1. The van der Waals surface area contributed by atoms with Crippen LogP contribution in [0.5, 0.6) is 5.75 Å². The van der Waals surface area contributed by atoms with Gasteiger partial charge in [0.2, 0.25) is 0 Å². The second-order valence-electron chi connectivity index (χ2n) is 4.69. The van der Waals surface area contributed by atoms with E-state index in [1.54, 1.807) is 7.11 Å². The fraction of sp³-hybridized carbons (Fsp3) is 0.615. The van der Waals surface area contributed by atoms with Crippen LogP contribution in [0.4, 0.5) is 13.2 Å². The third-order valence-corrected chi connectivity index (χ3v) is 3.33. The quantitative estimate of drug-likeness (QED) is 0.923. The molecule has 0 amide bonds. The van der Waals surface area contributed by atoms with Crippen molar-refractivity contribution in [2.24, 2.45) is 5.92 Å². The molecule has 1 aromatic heterocycles. The van der Waals surface area contributed by atoms with Crippen molar-refractivity contribution in [2.45, 2.75) is 18.7 Å². The monoisotopic (exact) mass is 326 g/mol. The number of halogens is 4. The van der Waals surface area contributed by atoms with Crippen molar-refractivity contribution in [1.29, 1.82) is 0 Å². The molecule has 2 unspecified atom stereocenters. The topological polar surface area (TPSA) is 43.4 Å². The molecule has 1 N–H and O–H groups in total. The van der Waals surface area contributed by atoms with E-state index in [-0.39, 0.29) is 36.8 Å². The Kier molecular flexibility index (Phi) is 6.70. The molecule has 8 heteroatoms. The number of rotatable bonds is 4. The van der Waals surface area contributed by atoms with E-state index >= 15 is 0 Å². The van der Waals surface area contributed by atoms with E-state index in [9.17, 15) is 13.2 Å². The minimum absolute atomic E-state index is 0. The lowest BCUT2D eigenvalue weighted by Crippen LogP contribution is -2.43. The van der Waals surface area contributed by atoms with Gasteiger partial charge in [-0.05, 0) is 25.1 Å². The Hall–Kier alpha value is -1.05. The van der Waals surface area contributed by atoms with Gasteiger partial charge in [0.1, 0.15) is 5.75 Å². The first-order valence-corrected chi connectivity index (χ1v) is 6.41. The molecule has 2 atom stereocenters. The summed E-state index contributed by atoms with van der Waals surface area (Å²) in [6.45, 7) is 1.68. The van der Waals surface area contributed by atoms with Crippen LogP contribution in [0, 0.1) is 5.92 Å². The van der Waals surface area contributed by atoms with E-state index in [0.29, 0.717) is 6.54 Å². The molecule has 1 aliphatic heterocycles. The van der Waals surface area contributed by atoms with Gasteiger partial charge in [0, 0.05) is 25.8 Å². The van der Waals surface area contributed by atoms with Crippen molar-refractivity contribution in [2.75, 3.05) is 26.8 Å². The molecule has 1 saturated heterocycles. The highest BCUT2D eigenvalue weighted by atomic mass is 35.5. The zero-order chi connectivity index (χ0) is 14.6. The van der Waals surface area contributed by atoms with Crippen molar-refractivity contribution in [3.63, 3.8) is 0 Å². The van der Waals surface area contributed by atoms with E-state index in [2.05, 4.69) is 10.3 Å². The van der Waals surface area contributed by atoms with Crippen molar-refractivity contribution in [1.82, 2.24) is 10.3 Å². The largest absolute Gasteiger partial charge is 0.491 e. The molecule has 0 spiro atoms. The summed E-state index contributed by atoms with van der Waals surface area (Å²) >= 11 is 0. The molecular formula is C13H18ClF3N2O2. The molecule has 2 heterocycles. The Morgan fingerprint density at radius 1 is 1.43 bits per heavy atom. The number of pyridine rings is 1. The Morgan fingerprint density at radius 3 is 2.86 bits per heavy atom. The Labute approximate surface area is 127 Å². The molecule has 120 valence electrons. The predicted octanol–water partition coefficient (Wildman–Crippen LogP) is 2.53. The highest BCUT2D eigenvalue weighted by molar-refractivity contribution is 5.85. The summed E-state index contributed by atoms with van der Waals surface area (Å²) < 4.78 is 49.0. The first kappa shape index (κ1) is 18.0. The molecule has 1 aromatic rings. The zero-order valence-electron chi connectivity index (χ0n) is 11.5. The van der Waals surface area contributed by atoms with Crippen LogP contribution in [0.2, 0.25) is 0 Å². The van der Waals surface area contributed by atoms with Crippen LogP contribution >= 0.6 is 12.4 Å². The Balaban J connectivity index is 0.00000220. The maximum Gasteiger partial charge on any atom is 0.437 e. The number of alkyl halides is 3. The van der Waals surface area contributed by atoms with Crippen LogP contribution in [0.15, 0.2) is 18.3 Å². The molecule has 2 rings (SSSR count). The number of nitrogens with one attached hydrogen (secondary N) is 1. The Morgan fingerprint density at radius 2 is 2.19 bits per heavy atom. The van der Waals surface area contributed by atoms with Crippen LogP contribution in [-0.4, -0.2) is 37.9 Å². The third kappa shape index (κ3) is 4.72. The molecule has 1 fully saturated rings. The number of nitrogens with zero attached hydrogens (tertiary/aromatic N) is 1. The van der Waals surface area contributed by atoms with Crippen LogP contribution in [0.25, 0.3) is 0 Å². The van der Waals surface area contributed by atoms with Crippen molar-refractivity contribution >= 4 is 12.4 Å². The Bertz CT molecular complexity index is 446.